The first-order chi connectivity index (χ1) is 31.2. The summed E-state index contributed by atoms with van der Waals surface area (Å²) in [6, 6.07) is 74.6. The maximum Gasteiger partial charge on any atom is 0.167 e. The molecule has 0 atom stereocenters. The largest absolute Gasteiger partial charge is 0.455 e. The summed E-state index contributed by atoms with van der Waals surface area (Å²) < 4.78 is 11.3. The Bertz CT molecular complexity index is 3860. The molecule has 0 aliphatic carbocycles. The standard InChI is InChI=1S/C57H35N5O/c1-3-16-36(17-4-1)38-30-32-46(56-58-55(37-18-5-2-6-19-37)59-57(60-56)47-25-15-24-45-44-23-10-14-29-53(44)63-54(45)47)51(34-38)62-50-28-13-9-22-42(50)43-33-31-39(35-52(43)62)61-48-26-11-7-20-40(48)41-21-8-12-27-49(41)61/h1-35H. The van der Waals surface area contributed by atoms with Gasteiger partial charge in [-0.25, -0.2) is 15.0 Å². The smallest absolute Gasteiger partial charge is 0.167 e. The first-order valence-electron chi connectivity index (χ1n) is 21.2. The van der Waals surface area contributed by atoms with E-state index in [1.807, 2.05) is 54.6 Å². The van der Waals surface area contributed by atoms with E-state index < -0.39 is 0 Å². The molecule has 0 fully saturated rings. The molecule has 0 radical (unpaired) electrons. The summed E-state index contributed by atoms with van der Waals surface area (Å²) in [7, 11) is 0. The van der Waals surface area contributed by atoms with Gasteiger partial charge in [0.1, 0.15) is 11.2 Å². The molecule has 6 heteroatoms. The summed E-state index contributed by atoms with van der Waals surface area (Å²) in [6.07, 6.45) is 0. The summed E-state index contributed by atoms with van der Waals surface area (Å²) in [5, 5.41) is 6.84. The second-order valence-electron chi connectivity index (χ2n) is 16.0. The molecule has 294 valence electrons. The second kappa shape index (κ2) is 14.0. The van der Waals surface area contributed by atoms with Gasteiger partial charge in [0.25, 0.3) is 0 Å². The Kier molecular flexibility index (Phi) is 7.80. The van der Waals surface area contributed by atoms with E-state index in [1.54, 1.807) is 0 Å². The zero-order chi connectivity index (χ0) is 41.4. The molecule has 4 aromatic heterocycles. The topological polar surface area (TPSA) is 61.7 Å². The third kappa shape index (κ3) is 5.55. The lowest BCUT2D eigenvalue weighted by molar-refractivity contribution is 0.669. The van der Waals surface area contributed by atoms with Crippen molar-refractivity contribution in [1.29, 1.82) is 0 Å². The van der Waals surface area contributed by atoms with Crippen LogP contribution in [0.4, 0.5) is 0 Å². The zero-order valence-electron chi connectivity index (χ0n) is 33.9. The molecule has 0 bridgehead atoms. The fourth-order valence-electron chi connectivity index (χ4n) is 9.53. The number of furan rings is 1. The van der Waals surface area contributed by atoms with E-state index in [-0.39, 0.29) is 0 Å². The third-order valence-electron chi connectivity index (χ3n) is 12.4. The van der Waals surface area contributed by atoms with E-state index in [1.165, 1.54) is 10.8 Å². The summed E-state index contributed by atoms with van der Waals surface area (Å²) >= 11 is 0. The van der Waals surface area contributed by atoms with Crippen molar-refractivity contribution in [2.75, 3.05) is 0 Å². The van der Waals surface area contributed by atoms with Crippen molar-refractivity contribution in [2.24, 2.45) is 0 Å². The quantitative estimate of drug-likeness (QED) is 0.168. The number of hydrogen-bond acceptors (Lipinski definition) is 4. The molecule has 0 N–H and O–H groups in total. The van der Waals surface area contributed by atoms with Crippen molar-refractivity contribution in [3.05, 3.63) is 212 Å². The van der Waals surface area contributed by atoms with Gasteiger partial charge in [0.05, 0.1) is 33.3 Å². The summed E-state index contributed by atoms with van der Waals surface area (Å²) in [5.74, 6) is 1.68. The molecule has 0 aliphatic rings. The van der Waals surface area contributed by atoms with Gasteiger partial charge in [-0.2, -0.15) is 0 Å². The Morgan fingerprint density at radius 3 is 1.56 bits per heavy atom. The van der Waals surface area contributed by atoms with Gasteiger partial charge in [-0.1, -0.05) is 158 Å². The third-order valence-corrected chi connectivity index (χ3v) is 12.4. The van der Waals surface area contributed by atoms with Crippen LogP contribution in [0.2, 0.25) is 0 Å². The number of rotatable bonds is 6. The predicted octanol–water partition coefficient (Wildman–Crippen LogP) is 14.6. The van der Waals surface area contributed by atoms with Gasteiger partial charge in [-0.3, -0.25) is 0 Å². The summed E-state index contributed by atoms with van der Waals surface area (Å²) in [6.45, 7) is 0. The van der Waals surface area contributed by atoms with Crippen molar-refractivity contribution >= 4 is 65.6 Å². The summed E-state index contributed by atoms with van der Waals surface area (Å²) in [5.41, 5.74) is 12.9. The van der Waals surface area contributed by atoms with E-state index in [0.717, 1.165) is 94.0 Å². The highest BCUT2D eigenvalue weighted by molar-refractivity contribution is 6.13. The molecule has 6 nitrogen and oxygen atoms in total. The lowest BCUT2D eigenvalue weighted by Gasteiger charge is -2.17. The Balaban J connectivity index is 1.11. The van der Waals surface area contributed by atoms with Crippen molar-refractivity contribution in [1.82, 2.24) is 24.1 Å². The number of nitrogens with zero attached hydrogens (tertiary/aromatic N) is 5. The van der Waals surface area contributed by atoms with Gasteiger partial charge in [0.2, 0.25) is 0 Å². The van der Waals surface area contributed by atoms with Crippen molar-refractivity contribution in [2.45, 2.75) is 0 Å². The predicted molar refractivity (Wildman–Crippen MR) is 258 cm³/mol. The summed E-state index contributed by atoms with van der Waals surface area (Å²) in [4.78, 5) is 15.9. The maximum atomic E-state index is 6.56. The molecule has 0 spiro atoms. The lowest BCUT2D eigenvalue weighted by atomic mass is 10.0. The number of para-hydroxylation sites is 5. The highest BCUT2D eigenvalue weighted by Crippen LogP contribution is 2.41. The monoisotopic (exact) mass is 805 g/mol. The Labute approximate surface area is 361 Å². The SMILES string of the molecule is c1ccc(-c2ccc(-c3nc(-c4ccccc4)nc(-c4cccc5c4oc4ccccc45)n3)c(-n3c4ccccc4c4ccc(-n5c6ccccc6c6ccccc65)cc43)c2)cc1. The van der Waals surface area contributed by atoms with E-state index in [4.69, 9.17) is 19.4 Å². The van der Waals surface area contributed by atoms with E-state index >= 15 is 0 Å². The van der Waals surface area contributed by atoms with Gasteiger partial charge in [-0.15, -0.1) is 0 Å². The fraction of sp³-hybridized carbons (Fsp3) is 0. The van der Waals surface area contributed by atoms with Crippen LogP contribution < -0.4 is 0 Å². The van der Waals surface area contributed by atoms with Gasteiger partial charge >= 0.3 is 0 Å². The minimum absolute atomic E-state index is 0.539. The minimum Gasteiger partial charge on any atom is -0.455 e. The van der Waals surface area contributed by atoms with Gasteiger partial charge in [0.15, 0.2) is 17.5 Å². The highest BCUT2D eigenvalue weighted by atomic mass is 16.3. The fourth-order valence-corrected chi connectivity index (χ4v) is 9.53. The zero-order valence-corrected chi connectivity index (χ0v) is 33.9. The van der Waals surface area contributed by atoms with Crippen LogP contribution in [0.1, 0.15) is 0 Å². The van der Waals surface area contributed by atoms with Crippen molar-refractivity contribution in [3.63, 3.8) is 0 Å². The molecule has 9 aromatic carbocycles. The van der Waals surface area contributed by atoms with Gasteiger partial charge in [-0.05, 0) is 65.7 Å². The molecule has 4 heterocycles. The molecule has 63 heavy (non-hydrogen) atoms. The van der Waals surface area contributed by atoms with Crippen LogP contribution in [-0.2, 0) is 0 Å². The Hall–Kier alpha value is -8.61. The molecule has 0 aliphatic heterocycles. The van der Waals surface area contributed by atoms with Crippen molar-refractivity contribution < 1.29 is 4.42 Å². The minimum atomic E-state index is 0.539. The average Bonchev–Trinajstić information content (AvgIpc) is 4.02. The second-order valence-corrected chi connectivity index (χ2v) is 16.0. The normalized spacial score (nSPS) is 11.8. The number of hydrogen-bond donors (Lipinski definition) is 0. The van der Waals surface area contributed by atoms with Gasteiger partial charge in [0, 0.05) is 49.1 Å². The lowest BCUT2D eigenvalue weighted by Crippen LogP contribution is -2.04. The van der Waals surface area contributed by atoms with Crippen LogP contribution in [-0.4, -0.2) is 24.1 Å². The van der Waals surface area contributed by atoms with E-state index in [0.29, 0.717) is 17.5 Å². The molecule has 0 saturated carbocycles. The van der Waals surface area contributed by atoms with Crippen LogP contribution in [0, 0.1) is 0 Å². The number of benzene rings is 9. The number of aromatic nitrogens is 5. The number of fused-ring (bicyclic) bond motifs is 9. The van der Waals surface area contributed by atoms with Crippen LogP contribution in [0.5, 0.6) is 0 Å². The molecular weight excluding hydrogens is 771 g/mol. The molecular formula is C57H35N5O. The Morgan fingerprint density at radius 1 is 0.317 bits per heavy atom. The van der Waals surface area contributed by atoms with Crippen molar-refractivity contribution in [3.8, 4) is 56.7 Å². The first kappa shape index (κ1) is 35.2. The molecule has 13 aromatic rings. The molecule has 0 amide bonds. The van der Waals surface area contributed by atoms with Crippen LogP contribution in [0.25, 0.3) is 122 Å². The molecule has 13 rings (SSSR count). The molecule has 0 unspecified atom stereocenters. The van der Waals surface area contributed by atoms with E-state index in [9.17, 15) is 0 Å². The van der Waals surface area contributed by atoms with E-state index in [2.05, 4.69) is 167 Å². The van der Waals surface area contributed by atoms with Gasteiger partial charge < -0.3 is 13.6 Å². The van der Waals surface area contributed by atoms with Crippen LogP contribution in [0.3, 0.4) is 0 Å². The Morgan fingerprint density at radius 2 is 0.857 bits per heavy atom. The molecule has 0 saturated heterocycles. The maximum absolute atomic E-state index is 6.56. The average molecular weight is 806 g/mol. The van der Waals surface area contributed by atoms with Crippen LogP contribution in [0.15, 0.2) is 217 Å². The highest BCUT2D eigenvalue weighted by Gasteiger charge is 2.23. The van der Waals surface area contributed by atoms with Crippen LogP contribution >= 0.6 is 0 Å². The first-order valence-corrected chi connectivity index (χ1v) is 21.2.